The van der Waals surface area contributed by atoms with Crippen molar-refractivity contribution in [3.63, 3.8) is 0 Å². The standard InChI is InChI=1S/C20H22ClN3O2/c1-26-17-6-4-13(5-7-17)14-2-3-15-11-19(24-18(15)10-14)20(25)23-12-16(21)8-9-22/h2-7,10,16H,8-9,11-12,22H2,1H3,(H,23,25)/t16-/m0/s1. The second-order valence-electron chi connectivity index (χ2n) is 6.19. The van der Waals surface area contributed by atoms with E-state index in [-0.39, 0.29) is 11.3 Å². The van der Waals surface area contributed by atoms with Crippen molar-refractivity contribution in [3.8, 4) is 16.9 Å². The van der Waals surface area contributed by atoms with Crippen LogP contribution in [-0.4, -0.2) is 37.2 Å². The van der Waals surface area contributed by atoms with Crippen LogP contribution in [0.2, 0.25) is 0 Å². The molecule has 3 N–H and O–H groups in total. The molecule has 2 aromatic rings. The van der Waals surface area contributed by atoms with E-state index in [0.29, 0.717) is 31.6 Å². The summed E-state index contributed by atoms with van der Waals surface area (Å²) in [5, 5.41) is 2.67. The lowest BCUT2D eigenvalue weighted by Crippen LogP contribution is -2.35. The summed E-state index contributed by atoms with van der Waals surface area (Å²) in [5.74, 6) is 0.647. The van der Waals surface area contributed by atoms with Gasteiger partial charge in [0.15, 0.2) is 0 Å². The summed E-state index contributed by atoms with van der Waals surface area (Å²) in [6, 6.07) is 13.9. The van der Waals surface area contributed by atoms with E-state index < -0.39 is 0 Å². The van der Waals surface area contributed by atoms with Crippen molar-refractivity contribution in [2.75, 3.05) is 20.2 Å². The minimum Gasteiger partial charge on any atom is -0.497 e. The first-order chi connectivity index (χ1) is 12.6. The molecule has 0 saturated carbocycles. The Hall–Kier alpha value is -2.37. The molecule has 26 heavy (non-hydrogen) atoms. The molecule has 136 valence electrons. The van der Waals surface area contributed by atoms with Crippen molar-refractivity contribution in [3.05, 3.63) is 48.0 Å². The number of alkyl halides is 1. The molecule has 0 unspecified atom stereocenters. The molecule has 0 saturated heterocycles. The number of hydrogen-bond donors (Lipinski definition) is 2. The van der Waals surface area contributed by atoms with E-state index in [0.717, 1.165) is 28.1 Å². The van der Waals surface area contributed by atoms with Crippen LogP contribution in [0.3, 0.4) is 0 Å². The highest BCUT2D eigenvalue weighted by molar-refractivity contribution is 6.41. The number of nitrogens with zero attached hydrogens (tertiary/aromatic N) is 1. The lowest BCUT2D eigenvalue weighted by Gasteiger charge is -2.09. The summed E-state index contributed by atoms with van der Waals surface area (Å²) in [4.78, 5) is 16.8. The predicted molar refractivity (Wildman–Crippen MR) is 106 cm³/mol. The number of benzene rings is 2. The second kappa shape index (κ2) is 8.34. The van der Waals surface area contributed by atoms with Gasteiger partial charge in [0.2, 0.25) is 0 Å². The highest BCUT2D eigenvalue weighted by Gasteiger charge is 2.21. The lowest BCUT2D eigenvalue weighted by atomic mass is 10.0. The van der Waals surface area contributed by atoms with Crippen molar-refractivity contribution in [1.29, 1.82) is 0 Å². The van der Waals surface area contributed by atoms with Crippen LogP contribution in [0.1, 0.15) is 12.0 Å². The first-order valence-corrected chi connectivity index (χ1v) is 9.01. The number of rotatable bonds is 7. The minimum absolute atomic E-state index is 0.157. The van der Waals surface area contributed by atoms with Crippen molar-refractivity contribution in [2.45, 2.75) is 18.2 Å². The molecule has 1 aliphatic heterocycles. The zero-order chi connectivity index (χ0) is 18.5. The Morgan fingerprint density at radius 2 is 2.00 bits per heavy atom. The number of ether oxygens (including phenoxy) is 1. The highest BCUT2D eigenvalue weighted by Crippen LogP contribution is 2.32. The van der Waals surface area contributed by atoms with Crippen LogP contribution in [0.5, 0.6) is 5.75 Å². The molecule has 0 aromatic heterocycles. The number of nitrogens with two attached hydrogens (primary N) is 1. The zero-order valence-electron chi connectivity index (χ0n) is 14.7. The van der Waals surface area contributed by atoms with Gasteiger partial charge in [-0.25, -0.2) is 4.99 Å². The van der Waals surface area contributed by atoms with Crippen LogP contribution in [0.4, 0.5) is 5.69 Å². The number of carbonyl (C=O) groups is 1. The van der Waals surface area contributed by atoms with Crippen molar-refractivity contribution in [2.24, 2.45) is 10.7 Å². The van der Waals surface area contributed by atoms with Crippen molar-refractivity contribution < 1.29 is 9.53 Å². The third-order valence-corrected chi connectivity index (χ3v) is 4.72. The zero-order valence-corrected chi connectivity index (χ0v) is 15.4. The summed E-state index contributed by atoms with van der Waals surface area (Å²) in [6.45, 7) is 0.897. The van der Waals surface area contributed by atoms with E-state index in [1.165, 1.54) is 0 Å². The van der Waals surface area contributed by atoms with E-state index in [1.807, 2.05) is 42.5 Å². The van der Waals surface area contributed by atoms with Gasteiger partial charge in [-0.3, -0.25) is 4.79 Å². The molecule has 0 fully saturated rings. The topological polar surface area (TPSA) is 76.7 Å². The molecule has 0 radical (unpaired) electrons. The Morgan fingerprint density at radius 3 is 2.69 bits per heavy atom. The summed E-state index contributed by atoms with van der Waals surface area (Å²) >= 11 is 6.09. The average Bonchev–Trinajstić information content (AvgIpc) is 3.10. The van der Waals surface area contributed by atoms with Gasteiger partial charge in [-0.1, -0.05) is 24.3 Å². The number of aliphatic imine (C=N–C) groups is 1. The number of methoxy groups -OCH3 is 1. The van der Waals surface area contributed by atoms with E-state index in [1.54, 1.807) is 7.11 Å². The molecule has 0 aliphatic carbocycles. The monoisotopic (exact) mass is 371 g/mol. The Balaban J connectivity index is 1.71. The average molecular weight is 372 g/mol. The number of fused-ring (bicyclic) bond motifs is 1. The summed E-state index contributed by atoms with van der Waals surface area (Å²) in [6.07, 6.45) is 1.20. The van der Waals surface area contributed by atoms with Gasteiger partial charge in [0, 0.05) is 13.0 Å². The van der Waals surface area contributed by atoms with Crippen LogP contribution >= 0.6 is 11.6 Å². The largest absolute Gasteiger partial charge is 0.497 e. The first-order valence-electron chi connectivity index (χ1n) is 8.58. The fraction of sp³-hybridized carbons (Fsp3) is 0.300. The Labute approximate surface area is 158 Å². The molecule has 3 rings (SSSR count). The predicted octanol–water partition coefficient (Wildman–Crippen LogP) is 3.06. The molecule has 1 aliphatic rings. The molecular formula is C20H22ClN3O2. The van der Waals surface area contributed by atoms with Gasteiger partial charge in [-0.05, 0) is 47.9 Å². The van der Waals surface area contributed by atoms with Gasteiger partial charge in [-0.15, -0.1) is 11.6 Å². The molecule has 1 atom stereocenters. The Kier molecular flexibility index (Phi) is 5.91. The van der Waals surface area contributed by atoms with Gasteiger partial charge in [-0.2, -0.15) is 0 Å². The maximum Gasteiger partial charge on any atom is 0.266 e. The van der Waals surface area contributed by atoms with Gasteiger partial charge in [0.05, 0.1) is 18.2 Å². The van der Waals surface area contributed by atoms with Gasteiger partial charge >= 0.3 is 0 Å². The SMILES string of the molecule is COc1ccc(-c2ccc3c(c2)N=C(C(=O)NC[C@@H](Cl)CCN)C3)cc1. The number of nitrogens with one attached hydrogen (secondary N) is 1. The molecule has 5 nitrogen and oxygen atoms in total. The smallest absolute Gasteiger partial charge is 0.266 e. The highest BCUT2D eigenvalue weighted by atomic mass is 35.5. The fourth-order valence-electron chi connectivity index (χ4n) is 2.87. The fourth-order valence-corrected chi connectivity index (χ4v) is 3.07. The van der Waals surface area contributed by atoms with Crippen LogP contribution < -0.4 is 15.8 Å². The van der Waals surface area contributed by atoms with Crippen LogP contribution in [0.25, 0.3) is 11.1 Å². The van der Waals surface area contributed by atoms with Crippen LogP contribution in [0.15, 0.2) is 47.5 Å². The van der Waals surface area contributed by atoms with E-state index >= 15 is 0 Å². The van der Waals surface area contributed by atoms with Crippen molar-refractivity contribution >= 4 is 28.9 Å². The second-order valence-corrected chi connectivity index (χ2v) is 6.81. The molecule has 6 heteroatoms. The van der Waals surface area contributed by atoms with Gasteiger partial charge in [0.25, 0.3) is 5.91 Å². The maximum atomic E-state index is 12.3. The first kappa shape index (κ1) is 18.4. The van der Waals surface area contributed by atoms with Crippen LogP contribution in [-0.2, 0) is 11.2 Å². The molecule has 1 amide bonds. The summed E-state index contributed by atoms with van der Waals surface area (Å²) < 4.78 is 5.19. The maximum absolute atomic E-state index is 12.3. The summed E-state index contributed by atoms with van der Waals surface area (Å²) in [7, 11) is 1.65. The van der Waals surface area contributed by atoms with E-state index in [9.17, 15) is 4.79 Å². The third-order valence-electron chi connectivity index (χ3n) is 4.35. The number of halogens is 1. The van der Waals surface area contributed by atoms with Crippen LogP contribution in [0, 0.1) is 0 Å². The van der Waals surface area contributed by atoms with E-state index in [4.69, 9.17) is 22.1 Å². The number of hydrogen-bond acceptors (Lipinski definition) is 4. The van der Waals surface area contributed by atoms with E-state index in [2.05, 4.69) is 10.3 Å². The normalized spacial score (nSPS) is 13.7. The lowest BCUT2D eigenvalue weighted by molar-refractivity contribution is -0.114. The molecule has 1 heterocycles. The number of carbonyl (C=O) groups excluding carboxylic acids is 1. The third kappa shape index (κ3) is 4.23. The van der Waals surface area contributed by atoms with Crippen molar-refractivity contribution in [1.82, 2.24) is 5.32 Å². The number of amides is 1. The minimum atomic E-state index is -0.171. The summed E-state index contributed by atoms with van der Waals surface area (Å²) in [5.41, 5.74) is 10.0. The molecule has 2 aromatic carbocycles. The van der Waals surface area contributed by atoms with Gasteiger partial charge < -0.3 is 15.8 Å². The quantitative estimate of drug-likeness (QED) is 0.734. The Bertz CT molecular complexity index is 818. The molecule has 0 bridgehead atoms. The molecular weight excluding hydrogens is 350 g/mol. The molecule has 0 spiro atoms. The van der Waals surface area contributed by atoms with Gasteiger partial charge in [0.1, 0.15) is 11.5 Å². The Morgan fingerprint density at radius 1 is 1.27 bits per heavy atom.